The van der Waals surface area contributed by atoms with Crippen molar-refractivity contribution in [3.8, 4) is 5.75 Å². The monoisotopic (exact) mass is 353 g/mol. The van der Waals surface area contributed by atoms with E-state index in [0.717, 1.165) is 37.0 Å². The standard InChI is InChI=1S/C19H22F3NO2/c20-19(21,22)25-16-3-1-15(2-4-16)23-17(24)11-18-8-12-5-13(9-18)7-14(6-12)10-18/h1-4,12-14H,5-11H2,(H,23,24). The summed E-state index contributed by atoms with van der Waals surface area (Å²) in [4.78, 5) is 12.5. The minimum atomic E-state index is -4.71. The topological polar surface area (TPSA) is 38.3 Å². The number of hydrogen-bond acceptors (Lipinski definition) is 2. The Kier molecular flexibility index (Phi) is 3.96. The maximum absolute atomic E-state index is 12.5. The van der Waals surface area contributed by atoms with E-state index in [4.69, 9.17) is 0 Å². The third-order valence-electron chi connectivity index (χ3n) is 6.07. The number of halogens is 3. The van der Waals surface area contributed by atoms with Crippen LogP contribution < -0.4 is 10.1 Å². The van der Waals surface area contributed by atoms with Crippen LogP contribution in [0.2, 0.25) is 0 Å². The highest BCUT2D eigenvalue weighted by molar-refractivity contribution is 5.91. The molecule has 0 saturated heterocycles. The van der Waals surface area contributed by atoms with E-state index in [2.05, 4.69) is 10.1 Å². The van der Waals surface area contributed by atoms with Gasteiger partial charge in [0.05, 0.1) is 0 Å². The fourth-order valence-electron chi connectivity index (χ4n) is 5.79. The molecule has 4 bridgehead atoms. The predicted octanol–water partition coefficient (Wildman–Crippen LogP) is 5.13. The van der Waals surface area contributed by atoms with E-state index in [0.29, 0.717) is 12.1 Å². The average Bonchev–Trinajstić information content (AvgIpc) is 2.45. The molecule has 25 heavy (non-hydrogen) atoms. The lowest BCUT2D eigenvalue weighted by Gasteiger charge is -2.56. The summed E-state index contributed by atoms with van der Waals surface area (Å²) >= 11 is 0. The molecule has 0 atom stereocenters. The number of nitrogens with one attached hydrogen (secondary N) is 1. The molecule has 1 aromatic carbocycles. The molecule has 1 N–H and O–H groups in total. The van der Waals surface area contributed by atoms with Crippen molar-refractivity contribution in [2.24, 2.45) is 23.2 Å². The second kappa shape index (κ2) is 5.92. The highest BCUT2D eigenvalue weighted by atomic mass is 19.4. The van der Waals surface area contributed by atoms with Crippen molar-refractivity contribution in [1.82, 2.24) is 0 Å². The fraction of sp³-hybridized carbons (Fsp3) is 0.632. The van der Waals surface area contributed by atoms with E-state index >= 15 is 0 Å². The van der Waals surface area contributed by atoms with Gasteiger partial charge in [-0.3, -0.25) is 4.79 Å². The highest BCUT2D eigenvalue weighted by Gasteiger charge is 2.51. The Bertz CT molecular complexity index is 618. The number of benzene rings is 1. The Labute approximate surface area is 144 Å². The first-order valence-electron chi connectivity index (χ1n) is 8.94. The van der Waals surface area contributed by atoms with E-state index in [1.165, 1.54) is 43.5 Å². The van der Waals surface area contributed by atoms with Crippen LogP contribution in [-0.2, 0) is 4.79 Å². The number of carbonyl (C=O) groups excluding carboxylic acids is 1. The second-order valence-corrected chi connectivity index (χ2v) is 8.21. The number of alkyl halides is 3. The van der Waals surface area contributed by atoms with E-state index in [1.54, 1.807) is 0 Å². The van der Waals surface area contributed by atoms with Gasteiger partial charge in [-0.1, -0.05) is 0 Å². The molecule has 136 valence electrons. The molecule has 4 fully saturated rings. The van der Waals surface area contributed by atoms with Gasteiger partial charge in [0.1, 0.15) is 5.75 Å². The number of anilines is 1. The van der Waals surface area contributed by atoms with Gasteiger partial charge in [0, 0.05) is 12.1 Å². The van der Waals surface area contributed by atoms with Crippen molar-refractivity contribution < 1.29 is 22.7 Å². The lowest BCUT2D eigenvalue weighted by atomic mass is 9.49. The molecule has 4 aliphatic carbocycles. The van der Waals surface area contributed by atoms with Crippen LogP contribution in [0.5, 0.6) is 5.75 Å². The molecule has 1 amide bonds. The van der Waals surface area contributed by atoms with E-state index in [1.807, 2.05) is 0 Å². The summed E-state index contributed by atoms with van der Waals surface area (Å²) < 4.78 is 40.4. The zero-order valence-corrected chi connectivity index (χ0v) is 13.9. The molecule has 0 radical (unpaired) electrons. The first-order chi connectivity index (χ1) is 11.8. The third kappa shape index (κ3) is 3.77. The highest BCUT2D eigenvalue weighted by Crippen LogP contribution is 2.61. The number of hydrogen-bond donors (Lipinski definition) is 1. The minimum absolute atomic E-state index is 0.0357. The zero-order chi connectivity index (χ0) is 17.7. The first kappa shape index (κ1) is 16.7. The molecule has 3 nitrogen and oxygen atoms in total. The van der Waals surface area contributed by atoms with Crippen LogP contribution in [0.4, 0.5) is 18.9 Å². The molecular formula is C19H22F3NO2. The second-order valence-electron chi connectivity index (χ2n) is 8.21. The van der Waals surface area contributed by atoms with Crippen molar-refractivity contribution >= 4 is 11.6 Å². The first-order valence-corrected chi connectivity index (χ1v) is 8.94. The number of ether oxygens (including phenoxy) is 1. The van der Waals surface area contributed by atoms with Crippen LogP contribution in [0, 0.1) is 23.2 Å². The minimum Gasteiger partial charge on any atom is -0.406 e. The van der Waals surface area contributed by atoms with Gasteiger partial charge in [0.25, 0.3) is 0 Å². The SMILES string of the molecule is O=C(CC12CC3CC(CC(C3)C1)C2)Nc1ccc(OC(F)(F)F)cc1. The van der Waals surface area contributed by atoms with Crippen LogP contribution in [0.3, 0.4) is 0 Å². The third-order valence-corrected chi connectivity index (χ3v) is 6.07. The quantitative estimate of drug-likeness (QED) is 0.815. The molecule has 0 aromatic heterocycles. The van der Waals surface area contributed by atoms with E-state index in [9.17, 15) is 18.0 Å². The Balaban J connectivity index is 1.36. The smallest absolute Gasteiger partial charge is 0.406 e. The van der Waals surface area contributed by atoms with Crippen molar-refractivity contribution in [3.05, 3.63) is 24.3 Å². The van der Waals surface area contributed by atoms with Gasteiger partial charge in [0.2, 0.25) is 5.91 Å². The molecule has 5 rings (SSSR count). The predicted molar refractivity (Wildman–Crippen MR) is 87.0 cm³/mol. The number of amides is 1. The summed E-state index contributed by atoms with van der Waals surface area (Å²) in [6.45, 7) is 0. The molecular weight excluding hydrogens is 331 g/mol. The van der Waals surface area contributed by atoms with Crippen molar-refractivity contribution in [2.75, 3.05) is 5.32 Å². The summed E-state index contributed by atoms with van der Waals surface area (Å²) in [7, 11) is 0. The van der Waals surface area contributed by atoms with Gasteiger partial charge in [-0.25, -0.2) is 0 Å². The van der Waals surface area contributed by atoms with Gasteiger partial charge in [-0.05, 0) is 86.0 Å². The van der Waals surface area contributed by atoms with Crippen LogP contribution in [-0.4, -0.2) is 12.3 Å². The maximum Gasteiger partial charge on any atom is 0.573 e. The van der Waals surface area contributed by atoms with Crippen LogP contribution in [0.25, 0.3) is 0 Å². The lowest BCUT2D eigenvalue weighted by molar-refractivity contribution is -0.274. The Morgan fingerprint density at radius 2 is 1.56 bits per heavy atom. The summed E-state index contributed by atoms with van der Waals surface area (Å²) in [6, 6.07) is 5.32. The molecule has 1 aromatic rings. The van der Waals surface area contributed by atoms with Crippen molar-refractivity contribution in [2.45, 2.75) is 51.3 Å². The molecule has 4 aliphatic rings. The Morgan fingerprint density at radius 3 is 2.04 bits per heavy atom. The van der Waals surface area contributed by atoms with Gasteiger partial charge in [-0.15, -0.1) is 13.2 Å². The maximum atomic E-state index is 12.5. The zero-order valence-electron chi connectivity index (χ0n) is 13.9. The Hall–Kier alpha value is -1.72. The van der Waals surface area contributed by atoms with E-state index in [-0.39, 0.29) is 17.1 Å². The van der Waals surface area contributed by atoms with Gasteiger partial charge >= 0.3 is 6.36 Å². The van der Waals surface area contributed by atoms with Gasteiger partial charge < -0.3 is 10.1 Å². The molecule has 4 saturated carbocycles. The molecule has 6 heteroatoms. The molecule has 0 spiro atoms. The average molecular weight is 353 g/mol. The summed E-state index contributed by atoms with van der Waals surface area (Å²) in [5.74, 6) is 2.05. The van der Waals surface area contributed by atoms with Crippen LogP contribution in [0.15, 0.2) is 24.3 Å². The number of carbonyl (C=O) groups is 1. The van der Waals surface area contributed by atoms with Crippen LogP contribution in [0.1, 0.15) is 44.9 Å². The fourth-order valence-corrected chi connectivity index (χ4v) is 5.79. The van der Waals surface area contributed by atoms with Gasteiger partial charge in [-0.2, -0.15) is 0 Å². The lowest BCUT2D eigenvalue weighted by Crippen LogP contribution is -2.47. The van der Waals surface area contributed by atoms with Crippen molar-refractivity contribution in [1.29, 1.82) is 0 Å². The number of rotatable bonds is 4. The van der Waals surface area contributed by atoms with E-state index < -0.39 is 6.36 Å². The summed E-state index contributed by atoms with van der Waals surface area (Å²) in [5.41, 5.74) is 0.655. The summed E-state index contributed by atoms with van der Waals surface area (Å²) in [5, 5.41) is 2.83. The van der Waals surface area contributed by atoms with Crippen LogP contribution >= 0.6 is 0 Å². The molecule has 0 heterocycles. The molecule has 0 unspecified atom stereocenters. The Morgan fingerprint density at radius 1 is 1.04 bits per heavy atom. The normalized spacial score (nSPS) is 33.3. The van der Waals surface area contributed by atoms with Gasteiger partial charge in [0.15, 0.2) is 0 Å². The molecule has 0 aliphatic heterocycles. The summed E-state index contributed by atoms with van der Waals surface area (Å²) in [6.07, 6.45) is 3.30. The largest absolute Gasteiger partial charge is 0.573 e. The van der Waals surface area contributed by atoms with Crippen molar-refractivity contribution in [3.63, 3.8) is 0 Å².